The van der Waals surface area contributed by atoms with Crippen molar-refractivity contribution in [1.82, 2.24) is 15.6 Å². The lowest BCUT2D eigenvalue weighted by Crippen LogP contribution is -2.45. The third-order valence-electron chi connectivity index (χ3n) is 3.73. The van der Waals surface area contributed by atoms with Crippen molar-refractivity contribution in [2.24, 2.45) is 5.92 Å². The molecule has 6 heteroatoms. The Bertz CT molecular complexity index is 504. The molecule has 1 fully saturated rings. The Kier molecular flexibility index (Phi) is 4.55. The first-order chi connectivity index (χ1) is 9.58. The number of amides is 2. The molecule has 0 radical (unpaired) electrons. The van der Waals surface area contributed by atoms with Gasteiger partial charge in [0.1, 0.15) is 0 Å². The molecular weight excluding hydrogens is 258 g/mol. The number of aryl methyl sites for hydroxylation is 1. The van der Waals surface area contributed by atoms with Gasteiger partial charge in [-0.3, -0.25) is 9.78 Å². The quantitative estimate of drug-likeness (QED) is 0.776. The van der Waals surface area contributed by atoms with E-state index in [4.69, 9.17) is 5.11 Å². The van der Waals surface area contributed by atoms with E-state index in [1.165, 1.54) is 0 Å². The molecule has 3 N–H and O–H groups in total. The Morgan fingerprint density at radius 3 is 2.95 bits per heavy atom. The average Bonchev–Trinajstić information content (AvgIpc) is 2.86. The zero-order valence-corrected chi connectivity index (χ0v) is 11.4. The highest BCUT2D eigenvalue weighted by Crippen LogP contribution is 2.25. The molecule has 1 heterocycles. The predicted molar refractivity (Wildman–Crippen MR) is 73.1 cm³/mol. The molecular formula is C14H19N3O3. The van der Waals surface area contributed by atoms with Crippen molar-refractivity contribution in [3.05, 3.63) is 29.6 Å². The molecule has 1 saturated carbocycles. The Labute approximate surface area is 117 Å². The number of rotatable bonds is 4. The number of hydrogen-bond donors (Lipinski definition) is 3. The maximum Gasteiger partial charge on any atom is 0.315 e. The number of carboxylic acids is 1. The van der Waals surface area contributed by atoms with Gasteiger partial charge in [-0.1, -0.05) is 6.42 Å². The topological polar surface area (TPSA) is 91.3 Å². The van der Waals surface area contributed by atoms with Crippen molar-refractivity contribution in [3.8, 4) is 0 Å². The highest BCUT2D eigenvalue weighted by molar-refractivity contribution is 5.77. The molecule has 1 aliphatic rings. The van der Waals surface area contributed by atoms with Crippen LogP contribution in [0, 0.1) is 12.8 Å². The van der Waals surface area contributed by atoms with Crippen LogP contribution in [0.1, 0.15) is 30.4 Å². The van der Waals surface area contributed by atoms with E-state index in [0.717, 1.165) is 24.0 Å². The standard InChI is InChI=1S/C14H19N3O3/c1-9-7-15-6-5-10(9)8-16-14(20)17-12-4-2-3-11(12)13(18)19/h5-7,11-12H,2-4,8H2,1H3,(H,18,19)(H2,16,17,20). The van der Waals surface area contributed by atoms with Gasteiger partial charge in [0.15, 0.2) is 0 Å². The third-order valence-corrected chi connectivity index (χ3v) is 3.73. The fourth-order valence-electron chi connectivity index (χ4n) is 2.52. The lowest BCUT2D eigenvalue weighted by atomic mass is 10.0. The van der Waals surface area contributed by atoms with Gasteiger partial charge in [-0.25, -0.2) is 4.79 Å². The smallest absolute Gasteiger partial charge is 0.315 e. The van der Waals surface area contributed by atoms with Crippen molar-refractivity contribution < 1.29 is 14.7 Å². The summed E-state index contributed by atoms with van der Waals surface area (Å²) >= 11 is 0. The lowest BCUT2D eigenvalue weighted by molar-refractivity contribution is -0.142. The molecule has 20 heavy (non-hydrogen) atoms. The van der Waals surface area contributed by atoms with Crippen LogP contribution in [0.2, 0.25) is 0 Å². The third kappa shape index (κ3) is 3.46. The summed E-state index contributed by atoms with van der Waals surface area (Å²) < 4.78 is 0. The van der Waals surface area contributed by atoms with Crippen molar-refractivity contribution in [2.45, 2.75) is 38.8 Å². The van der Waals surface area contributed by atoms with Crippen LogP contribution in [0.15, 0.2) is 18.5 Å². The molecule has 2 rings (SSSR count). The van der Waals surface area contributed by atoms with Crippen LogP contribution in [0.4, 0.5) is 4.79 Å². The highest BCUT2D eigenvalue weighted by Gasteiger charge is 2.33. The molecule has 0 spiro atoms. The SMILES string of the molecule is Cc1cnccc1CNC(=O)NC1CCCC1C(=O)O. The molecule has 0 bridgehead atoms. The van der Waals surface area contributed by atoms with E-state index in [-0.39, 0.29) is 12.1 Å². The van der Waals surface area contributed by atoms with Crippen LogP contribution >= 0.6 is 0 Å². The summed E-state index contributed by atoms with van der Waals surface area (Å²) in [6.45, 7) is 2.34. The van der Waals surface area contributed by atoms with E-state index in [2.05, 4.69) is 15.6 Å². The number of hydrogen-bond acceptors (Lipinski definition) is 3. The van der Waals surface area contributed by atoms with Crippen molar-refractivity contribution >= 4 is 12.0 Å². The van der Waals surface area contributed by atoms with E-state index >= 15 is 0 Å². The molecule has 6 nitrogen and oxygen atoms in total. The lowest BCUT2D eigenvalue weighted by Gasteiger charge is -2.18. The summed E-state index contributed by atoms with van der Waals surface area (Å²) in [7, 11) is 0. The number of urea groups is 1. The van der Waals surface area contributed by atoms with Crippen LogP contribution in [-0.4, -0.2) is 28.1 Å². The molecule has 2 atom stereocenters. The van der Waals surface area contributed by atoms with Crippen molar-refractivity contribution in [2.75, 3.05) is 0 Å². The minimum atomic E-state index is -0.835. The molecule has 108 valence electrons. The fourth-order valence-corrected chi connectivity index (χ4v) is 2.52. The van der Waals surface area contributed by atoms with Crippen LogP contribution in [0.25, 0.3) is 0 Å². The van der Waals surface area contributed by atoms with Gasteiger partial charge in [0.05, 0.1) is 5.92 Å². The zero-order chi connectivity index (χ0) is 14.5. The van der Waals surface area contributed by atoms with Gasteiger partial charge in [-0.15, -0.1) is 0 Å². The van der Waals surface area contributed by atoms with E-state index in [9.17, 15) is 9.59 Å². The number of nitrogens with zero attached hydrogens (tertiary/aromatic N) is 1. The molecule has 1 aliphatic carbocycles. The highest BCUT2D eigenvalue weighted by atomic mass is 16.4. The van der Waals surface area contributed by atoms with Gasteiger partial charge in [0, 0.05) is 25.0 Å². The molecule has 2 unspecified atom stereocenters. The molecule has 0 saturated heterocycles. The van der Waals surface area contributed by atoms with Gasteiger partial charge in [0.2, 0.25) is 0 Å². The molecule has 1 aromatic rings. The molecule has 0 aromatic carbocycles. The number of pyridine rings is 1. The Hall–Kier alpha value is -2.11. The van der Waals surface area contributed by atoms with Gasteiger partial charge in [0.25, 0.3) is 0 Å². The van der Waals surface area contributed by atoms with E-state index in [1.807, 2.05) is 13.0 Å². The van der Waals surface area contributed by atoms with Crippen LogP contribution < -0.4 is 10.6 Å². The molecule has 0 aliphatic heterocycles. The number of carboxylic acid groups (broad SMARTS) is 1. The monoisotopic (exact) mass is 277 g/mol. The number of aliphatic carboxylic acids is 1. The number of carbonyl (C=O) groups excluding carboxylic acids is 1. The normalized spacial score (nSPS) is 21.4. The van der Waals surface area contributed by atoms with E-state index in [1.54, 1.807) is 12.4 Å². The second-order valence-corrected chi connectivity index (χ2v) is 5.11. The summed E-state index contributed by atoms with van der Waals surface area (Å²) in [6.07, 6.45) is 5.61. The Morgan fingerprint density at radius 1 is 1.45 bits per heavy atom. The van der Waals surface area contributed by atoms with Gasteiger partial charge >= 0.3 is 12.0 Å². The second-order valence-electron chi connectivity index (χ2n) is 5.11. The zero-order valence-electron chi connectivity index (χ0n) is 11.4. The van der Waals surface area contributed by atoms with Crippen LogP contribution in [0.5, 0.6) is 0 Å². The van der Waals surface area contributed by atoms with Gasteiger partial charge in [-0.2, -0.15) is 0 Å². The second kappa shape index (κ2) is 6.36. The van der Waals surface area contributed by atoms with E-state index < -0.39 is 11.9 Å². The van der Waals surface area contributed by atoms with Crippen LogP contribution in [0.3, 0.4) is 0 Å². The maximum atomic E-state index is 11.8. The summed E-state index contributed by atoms with van der Waals surface area (Å²) in [4.78, 5) is 26.9. The maximum absolute atomic E-state index is 11.8. The number of aromatic nitrogens is 1. The van der Waals surface area contributed by atoms with E-state index in [0.29, 0.717) is 13.0 Å². The number of carbonyl (C=O) groups is 2. The first-order valence-corrected chi connectivity index (χ1v) is 6.74. The summed E-state index contributed by atoms with van der Waals surface area (Å²) in [5.41, 5.74) is 2.01. The van der Waals surface area contributed by atoms with Crippen molar-refractivity contribution in [3.63, 3.8) is 0 Å². The van der Waals surface area contributed by atoms with Crippen LogP contribution in [-0.2, 0) is 11.3 Å². The average molecular weight is 277 g/mol. The summed E-state index contributed by atoms with van der Waals surface area (Å²) in [5, 5.41) is 14.6. The van der Waals surface area contributed by atoms with Gasteiger partial charge < -0.3 is 15.7 Å². The Balaban J connectivity index is 1.84. The summed E-state index contributed by atoms with van der Waals surface area (Å²) in [5.74, 6) is -1.30. The van der Waals surface area contributed by atoms with Crippen molar-refractivity contribution in [1.29, 1.82) is 0 Å². The fraction of sp³-hybridized carbons (Fsp3) is 0.500. The summed E-state index contributed by atoms with van der Waals surface area (Å²) in [6, 6.07) is 1.26. The first kappa shape index (κ1) is 14.3. The Morgan fingerprint density at radius 2 is 2.25 bits per heavy atom. The number of nitrogens with one attached hydrogen (secondary N) is 2. The largest absolute Gasteiger partial charge is 0.481 e. The molecule has 1 aromatic heterocycles. The molecule has 2 amide bonds. The first-order valence-electron chi connectivity index (χ1n) is 6.74. The van der Waals surface area contributed by atoms with Gasteiger partial charge in [-0.05, 0) is 37.0 Å². The minimum absolute atomic E-state index is 0.272. The predicted octanol–water partition coefficient (Wildman–Crippen LogP) is 1.44. The minimum Gasteiger partial charge on any atom is -0.481 e.